The van der Waals surface area contributed by atoms with Crippen LogP contribution in [-0.2, 0) is 18.8 Å². The molecule has 3 N–H and O–H groups in total. The van der Waals surface area contributed by atoms with Crippen molar-refractivity contribution in [3.8, 4) is 0 Å². The lowest BCUT2D eigenvalue weighted by atomic mass is 10.4. The van der Waals surface area contributed by atoms with Crippen LogP contribution in [0.2, 0.25) is 0 Å². The summed E-state index contributed by atoms with van der Waals surface area (Å²) in [6.45, 7) is 0. The maximum atomic E-state index is 11.3. The molecule has 0 aromatic heterocycles. The normalized spacial score (nSPS) is 16.1. The Kier molecular flexibility index (Phi) is 3.08. The van der Waals surface area contributed by atoms with E-state index in [1.54, 1.807) is 6.07 Å². The van der Waals surface area contributed by atoms with Gasteiger partial charge in [-0.25, -0.2) is 5.14 Å². The summed E-state index contributed by atoms with van der Waals surface area (Å²) >= 11 is 0. The van der Waals surface area contributed by atoms with Gasteiger partial charge in [0.2, 0.25) is 0 Å². The number of hydrogen-bond donors (Lipinski definition) is 2. The van der Waals surface area contributed by atoms with Crippen molar-refractivity contribution in [3.05, 3.63) is 30.3 Å². The molecular formula is C6H8NO5PS. The quantitative estimate of drug-likeness (QED) is 0.703. The lowest BCUT2D eigenvalue weighted by Crippen LogP contribution is -2.18. The standard InChI is InChI=1S/C6H8NO5PS/c7-14(10,11)12-13(8,9)6-4-2-1-3-5-6/h1-5H,(H,8,9)(H2,7,10,11). The van der Waals surface area contributed by atoms with Gasteiger partial charge in [0, 0.05) is 0 Å². The Labute approximate surface area is 81.1 Å². The molecule has 1 rings (SSSR count). The van der Waals surface area contributed by atoms with Gasteiger partial charge in [-0.2, -0.15) is 12.4 Å². The van der Waals surface area contributed by atoms with Crippen LogP contribution in [0.5, 0.6) is 0 Å². The largest absolute Gasteiger partial charge is 0.374 e. The van der Waals surface area contributed by atoms with Gasteiger partial charge in [-0.15, -0.1) is 0 Å². The van der Waals surface area contributed by atoms with E-state index in [0.717, 1.165) is 0 Å². The highest BCUT2D eigenvalue weighted by molar-refractivity contribution is 7.90. The average Bonchev–Trinajstić information content (AvgIpc) is 2.01. The van der Waals surface area contributed by atoms with Gasteiger partial charge in [0.05, 0.1) is 5.30 Å². The molecule has 1 aromatic carbocycles. The lowest BCUT2D eigenvalue weighted by molar-refractivity contribution is 0.390. The third-order valence-electron chi connectivity index (χ3n) is 1.29. The van der Waals surface area contributed by atoms with Gasteiger partial charge < -0.3 is 4.89 Å². The third-order valence-corrected chi connectivity index (χ3v) is 3.88. The van der Waals surface area contributed by atoms with Crippen molar-refractivity contribution in [1.82, 2.24) is 0 Å². The molecule has 0 fully saturated rings. The third kappa shape index (κ3) is 3.21. The predicted octanol–water partition coefficient (Wildman–Crippen LogP) is -0.283. The monoisotopic (exact) mass is 237 g/mol. The molecule has 0 heterocycles. The Balaban J connectivity index is 3.04. The zero-order valence-electron chi connectivity index (χ0n) is 6.90. The lowest BCUT2D eigenvalue weighted by Gasteiger charge is -2.08. The molecule has 78 valence electrons. The molecule has 0 aliphatic heterocycles. The van der Waals surface area contributed by atoms with Crippen LogP contribution < -0.4 is 10.4 Å². The molecular weight excluding hydrogens is 229 g/mol. The topological polar surface area (TPSA) is 107 Å². The second kappa shape index (κ2) is 3.80. The fraction of sp³-hybridized carbons (Fsp3) is 0. The van der Waals surface area contributed by atoms with Gasteiger partial charge in [-0.05, 0) is 12.1 Å². The van der Waals surface area contributed by atoms with Gasteiger partial charge in [0.15, 0.2) is 0 Å². The maximum Gasteiger partial charge on any atom is 0.374 e. The summed E-state index contributed by atoms with van der Waals surface area (Å²) in [5.74, 6) is 0. The van der Waals surface area contributed by atoms with E-state index in [0.29, 0.717) is 0 Å². The van der Waals surface area contributed by atoms with E-state index in [1.165, 1.54) is 24.3 Å². The summed E-state index contributed by atoms with van der Waals surface area (Å²) in [5, 5.41) is 4.35. The van der Waals surface area contributed by atoms with Crippen LogP contribution in [0.4, 0.5) is 0 Å². The van der Waals surface area contributed by atoms with Crippen molar-refractivity contribution in [2.24, 2.45) is 5.14 Å². The Bertz CT molecular complexity index is 456. The summed E-state index contributed by atoms with van der Waals surface area (Å²) in [6, 6.07) is 7.10. The van der Waals surface area contributed by atoms with Gasteiger partial charge in [0.1, 0.15) is 0 Å². The van der Waals surface area contributed by atoms with E-state index in [4.69, 9.17) is 0 Å². The highest BCUT2D eigenvalue weighted by Crippen LogP contribution is 2.41. The van der Waals surface area contributed by atoms with Crippen molar-refractivity contribution in [2.45, 2.75) is 0 Å². The predicted molar refractivity (Wildman–Crippen MR) is 50.1 cm³/mol. The molecule has 6 nitrogen and oxygen atoms in total. The van der Waals surface area contributed by atoms with Crippen molar-refractivity contribution in [1.29, 1.82) is 0 Å². The molecule has 0 saturated carbocycles. The van der Waals surface area contributed by atoms with Crippen LogP contribution in [0.1, 0.15) is 0 Å². The minimum Gasteiger partial charge on any atom is -0.320 e. The smallest absolute Gasteiger partial charge is 0.320 e. The fourth-order valence-electron chi connectivity index (χ4n) is 0.800. The second-order valence-corrected chi connectivity index (χ2v) is 5.56. The molecule has 0 amide bonds. The van der Waals surface area contributed by atoms with Crippen molar-refractivity contribution in [3.63, 3.8) is 0 Å². The van der Waals surface area contributed by atoms with Gasteiger partial charge in [0.25, 0.3) is 0 Å². The van der Waals surface area contributed by atoms with Crippen molar-refractivity contribution in [2.75, 3.05) is 0 Å². The van der Waals surface area contributed by atoms with Crippen molar-refractivity contribution < 1.29 is 21.8 Å². The number of nitrogens with two attached hydrogens (primary N) is 1. The molecule has 1 aromatic rings. The SMILES string of the molecule is NS(=O)(=O)OP(=O)(O)c1ccccc1. The molecule has 0 aliphatic rings. The maximum absolute atomic E-state index is 11.3. The zero-order chi connectivity index (χ0) is 10.8. The second-order valence-electron chi connectivity index (χ2n) is 2.42. The van der Waals surface area contributed by atoms with Gasteiger partial charge >= 0.3 is 17.9 Å². The molecule has 0 bridgehead atoms. The molecule has 0 spiro atoms. The van der Waals surface area contributed by atoms with Crippen LogP contribution in [0.25, 0.3) is 0 Å². The summed E-state index contributed by atoms with van der Waals surface area (Å²) in [5.41, 5.74) is 0. The first-order chi connectivity index (χ1) is 6.31. The molecule has 8 heteroatoms. The van der Waals surface area contributed by atoms with Crippen LogP contribution in [0.3, 0.4) is 0 Å². The first-order valence-electron chi connectivity index (χ1n) is 3.44. The average molecular weight is 237 g/mol. The summed E-state index contributed by atoms with van der Waals surface area (Å²) in [6.07, 6.45) is 0. The molecule has 0 aliphatic carbocycles. The number of rotatable bonds is 3. The summed E-state index contributed by atoms with van der Waals surface area (Å²) in [7, 11) is -8.82. The first kappa shape index (κ1) is 11.4. The summed E-state index contributed by atoms with van der Waals surface area (Å²) in [4.78, 5) is 9.20. The molecule has 1 unspecified atom stereocenters. The Morgan fingerprint density at radius 1 is 1.29 bits per heavy atom. The van der Waals surface area contributed by atoms with Crippen LogP contribution in [0.15, 0.2) is 30.3 Å². The van der Waals surface area contributed by atoms with E-state index < -0.39 is 17.9 Å². The van der Waals surface area contributed by atoms with E-state index >= 15 is 0 Å². The van der Waals surface area contributed by atoms with E-state index in [-0.39, 0.29) is 5.30 Å². The highest BCUT2D eigenvalue weighted by atomic mass is 32.2. The minimum atomic E-state index is -4.44. The summed E-state index contributed by atoms with van der Waals surface area (Å²) < 4.78 is 36.1. The van der Waals surface area contributed by atoms with Crippen LogP contribution >= 0.6 is 7.60 Å². The van der Waals surface area contributed by atoms with E-state index in [1.807, 2.05) is 0 Å². The highest BCUT2D eigenvalue weighted by Gasteiger charge is 2.27. The Hall–Kier alpha value is -0.720. The molecule has 0 saturated heterocycles. The number of hydrogen-bond acceptors (Lipinski definition) is 4. The molecule has 1 atom stereocenters. The number of benzene rings is 1. The van der Waals surface area contributed by atoms with Crippen molar-refractivity contribution >= 4 is 23.2 Å². The van der Waals surface area contributed by atoms with Gasteiger partial charge in [-0.3, -0.25) is 4.57 Å². The van der Waals surface area contributed by atoms with Crippen LogP contribution in [-0.4, -0.2) is 13.3 Å². The fourth-order valence-corrected chi connectivity index (χ4v) is 2.82. The molecule has 0 radical (unpaired) electrons. The Morgan fingerprint density at radius 3 is 2.21 bits per heavy atom. The first-order valence-corrected chi connectivity index (χ1v) is 6.48. The van der Waals surface area contributed by atoms with Crippen LogP contribution in [0, 0.1) is 0 Å². The minimum absolute atomic E-state index is 0.131. The van der Waals surface area contributed by atoms with E-state index in [2.05, 4.69) is 9.11 Å². The Morgan fingerprint density at radius 2 is 1.79 bits per heavy atom. The zero-order valence-corrected chi connectivity index (χ0v) is 8.61. The van der Waals surface area contributed by atoms with E-state index in [9.17, 15) is 17.9 Å². The van der Waals surface area contributed by atoms with Gasteiger partial charge in [-0.1, -0.05) is 18.2 Å². The molecule has 14 heavy (non-hydrogen) atoms.